The molecule has 0 spiro atoms. The number of carboxylic acids is 1. The third kappa shape index (κ3) is 3.33. The highest BCUT2D eigenvalue weighted by molar-refractivity contribution is 7.99. The van der Waals surface area contributed by atoms with Crippen LogP contribution in [-0.4, -0.2) is 53.5 Å². The molecule has 1 fully saturated rings. The van der Waals surface area contributed by atoms with Gasteiger partial charge in [0.05, 0.1) is 4.90 Å². The number of aromatic carboxylic acids is 1. The van der Waals surface area contributed by atoms with Gasteiger partial charge in [-0.2, -0.15) is 16.1 Å². The number of nitrogens with zero attached hydrogens (tertiary/aromatic N) is 1. The van der Waals surface area contributed by atoms with E-state index in [-0.39, 0.29) is 4.90 Å². The van der Waals surface area contributed by atoms with Gasteiger partial charge in [0.1, 0.15) is 11.3 Å². The van der Waals surface area contributed by atoms with Gasteiger partial charge in [-0.1, -0.05) is 0 Å². The van der Waals surface area contributed by atoms with Crippen molar-refractivity contribution in [1.29, 1.82) is 0 Å². The van der Waals surface area contributed by atoms with Gasteiger partial charge in [-0.05, 0) is 36.8 Å². The Balaban J connectivity index is 2.48. The van der Waals surface area contributed by atoms with Gasteiger partial charge in [0, 0.05) is 18.8 Å². The largest absolute Gasteiger partial charge is 0.507 e. The molecule has 0 unspecified atom stereocenters. The average molecular weight is 331 g/mol. The molecule has 21 heavy (non-hydrogen) atoms. The van der Waals surface area contributed by atoms with Crippen LogP contribution in [0.4, 0.5) is 0 Å². The van der Waals surface area contributed by atoms with Gasteiger partial charge in [-0.3, -0.25) is 0 Å². The Labute approximate surface area is 127 Å². The Morgan fingerprint density at radius 2 is 2.00 bits per heavy atom. The van der Waals surface area contributed by atoms with Crippen molar-refractivity contribution in [3.8, 4) is 5.75 Å². The van der Waals surface area contributed by atoms with E-state index in [1.165, 1.54) is 10.4 Å². The van der Waals surface area contributed by atoms with Crippen LogP contribution in [0.5, 0.6) is 5.75 Å². The summed E-state index contributed by atoms with van der Waals surface area (Å²) in [4.78, 5) is 11.0. The number of thioether (sulfide) groups is 1. The quantitative estimate of drug-likeness (QED) is 0.872. The van der Waals surface area contributed by atoms with Crippen LogP contribution in [-0.2, 0) is 10.0 Å². The highest BCUT2D eigenvalue weighted by Gasteiger charge is 2.28. The van der Waals surface area contributed by atoms with Gasteiger partial charge in [-0.25, -0.2) is 13.2 Å². The second-order valence-electron chi connectivity index (χ2n) is 4.81. The van der Waals surface area contributed by atoms with Gasteiger partial charge in [0.2, 0.25) is 10.0 Å². The van der Waals surface area contributed by atoms with E-state index in [0.717, 1.165) is 24.0 Å². The van der Waals surface area contributed by atoms with Crippen LogP contribution in [0, 0.1) is 6.92 Å². The standard InChI is InChI=1S/C13H17NO5S2/c1-9-7-11(15)10(13(16)17)8-12(9)21(18,19)14-3-2-5-20-6-4-14/h7-8,15H,2-6H2,1H3,(H,16,17). The number of phenols is 1. The second-order valence-corrected chi connectivity index (χ2v) is 7.94. The number of aromatic hydroxyl groups is 1. The molecule has 0 atom stereocenters. The van der Waals surface area contributed by atoms with Crippen LogP contribution in [0.3, 0.4) is 0 Å². The Hall–Kier alpha value is -1.25. The van der Waals surface area contributed by atoms with Crippen LogP contribution in [0.15, 0.2) is 17.0 Å². The van der Waals surface area contributed by atoms with Gasteiger partial charge in [0.25, 0.3) is 0 Å². The van der Waals surface area contributed by atoms with Gasteiger partial charge >= 0.3 is 5.97 Å². The predicted octanol–water partition coefficient (Wildman–Crippen LogP) is 1.53. The number of carboxylic acid groups (broad SMARTS) is 1. The summed E-state index contributed by atoms with van der Waals surface area (Å²) < 4.78 is 26.8. The summed E-state index contributed by atoms with van der Waals surface area (Å²) in [6.07, 6.45) is 0.771. The van der Waals surface area contributed by atoms with Crippen LogP contribution in [0.25, 0.3) is 0 Å². The summed E-state index contributed by atoms with van der Waals surface area (Å²) in [6, 6.07) is 2.23. The highest BCUT2D eigenvalue weighted by Crippen LogP contribution is 2.28. The predicted molar refractivity (Wildman–Crippen MR) is 80.5 cm³/mol. The molecule has 1 aliphatic rings. The molecule has 116 valence electrons. The first-order valence-corrected chi connectivity index (χ1v) is 9.08. The maximum Gasteiger partial charge on any atom is 0.339 e. The first kappa shape index (κ1) is 16.1. The topological polar surface area (TPSA) is 94.9 Å². The summed E-state index contributed by atoms with van der Waals surface area (Å²) >= 11 is 1.71. The molecular formula is C13H17NO5S2. The molecule has 0 aliphatic carbocycles. The number of carbonyl (C=O) groups is 1. The van der Waals surface area contributed by atoms with E-state index in [1.807, 2.05) is 0 Å². The van der Waals surface area contributed by atoms with E-state index in [0.29, 0.717) is 18.7 Å². The lowest BCUT2D eigenvalue weighted by Gasteiger charge is -2.21. The summed E-state index contributed by atoms with van der Waals surface area (Å²) in [5.41, 5.74) is -0.0576. The summed E-state index contributed by atoms with van der Waals surface area (Å²) in [6.45, 7) is 2.39. The van der Waals surface area contributed by atoms with Crippen molar-refractivity contribution in [3.63, 3.8) is 0 Å². The second kappa shape index (κ2) is 6.25. The lowest BCUT2D eigenvalue weighted by Crippen LogP contribution is -2.33. The maximum absolute atomic E-state index is 12.7. The van der Waals surface area contributed by atoms with E-state index in [9.17, 15) is 18.3 Å². The van der Waals surface area contributed by atoms with E-state index < -0.39 is 27.3 Å². The first-order valence-electron chi connectivity index (χ1n) is 6.49. The van der Waals surface area contributed by atoms with Crippen LogP contribution in [0.1, 0.15) is 22.3 Å². The first-order chi connectivity index (χ1) is 9.84. The van der Waals surface area contributed by atoms with Crippen molar-refractivity contribution in [2.45, 2.75) is 18.2 Å². The zero-order valence-corrected chi connectivity index (χ0v) is 13.2. The van der Waals surface area contributed by atoms with Crippen molar-refractivity contribution in [2.24, 2.45) is 0 Å². The summed E-state index contributed by atoms with van der Waals surface area (Å²) in [5, 5.41) is 18.6. The van der Waals surface area contributed by atoms with Crippen LogP contribution < -0.4 is 0 Å². The van der Waals surface area contributed by atoms with E-state index >= 15 is 0 Å². The van der Waals surface area contributed by atoms with E-state index in [2.05, 4.69) is 0 Å². The lowest BCUT2D eigenvalue weighted by atomic mass is 10.1. The third-order valence-corrected chi connectivity index (χ3v) is 6.41. The lowest BCUT2D eigenvalue weighted by molar-refractivity contribution is 0.0693. The molecule has 0 saturated carbocycles. The Bertz CT molecular complexity index is 649. The van der Waals surface area contributed by atoms with Crippen LogP contribution >= 0.6 is 11.8 Å². The number of hydrogen-bond acceptors (Lipinski definition) is 5. The molecule has 2 N–H and O–H groups in total. The van der Waals surface area contributed by atoms with Gasteiger partial charge in [0.15, 0.2) is 0 Å². The Morgan fingerprint density at radius 1 is 1.29 bits per heavy atom. The SMILES string of the molecule is Cc1cc(O)c(C(=O)O)cc1S(=O)(=O)N1CCCSCC1. The number of hydrogen-bond donors (Lipinski definition) is 2. The van der Waals surface area contributed by atoms with E-state index in [4.69, 9.17) is 5.11 Å². The minimum Gasteiger partial charge on any atom is -0.507 e. The smallest absolute Gasteiger partial charge is 0.339 e. The zero-order chi connectivity index (χ0) is 15.6. The normalized spacial score (nSPS) is 17.4. The molecule has 6 nitrogen and oxygen atoms in total. The molecule has 1 aliphatic heterocycles. The Morgan fingerprint density at radius 3 is 2.67 bits per heavy atom. The fourth-order valence-electron chi connectivity index (χ4n) is 2.22. The molecule has 1 aromatic rings. The number of rotatable bonds is 3. The molecule has 8 heteroatoms. The third-order valence-electron chi connectivity index (χ3n) is 3.32. The van der Waals surface area contributed by atoms with Crippen molar-refractivity contribution >= 4 is 27.8 Å². The minimum atomic E-state index is -3.74. The average Bonchev–Trinajstić information content (AvgIpc) is 2.67. The van der Waals surface area contributed by atoms with Crippen molar-refractivity contribution in [2.75, 3.05) is 24.6 Å². The monoisotopic (exact) mass is 331 g/mol. The minimum absolute atomic E-state index is 0.0513. The molecule has 1 saturated heterocycles. The fourth-order valence-corrected chi connectivity index (χ4v) is 4.94. The molecule has 0 radical (unpaired) electrons. The fraction of sp³-hybridized carbons (Fsp3) is 0.462. The molecule has 1 aromatic carbocycles. The highest BCUT2D eigenvalue weighted by atomic mass is 32.2. The van der Waals surface area contributed by atoms with Gasteiger partial charge in [-0.15, -0.1) is 0 Å². The van der Waals surface area contributed by atoms with Crippen LogP contribution in [0.2, 0.25) is 0 Å². The molecular weight excluding hydrogens is 314 g/mol. The van der Waals surface area contributed by atoms with Crippen molar-refractivity contribution in [3.05, 3.63) is 23.3 Å². The summed E-state index contributed by atoms with van der Waals surface area (Å²) in [7, 11) is -3.74. The zero-order valence-electron chi connectivity index (χ0n) is 11.6. The van der Waals surface area contributed by atoms with Crippen molar-refractivity contribution < 1.29 is 23.4 Å². The summed E-state index contributed by atoms with van der Waals surface area (Å²) in [5.74, 6) is -0.135. The molecule has 2 rings (SSSR count). The Kier molecular flexibility index (Phi) is 4.80. The number of benzene rings is 1. The molecule has 0 aromatic heterocycles. The molecule has 0 amide bonds. The molecule has 1 heterocycles. The number of aryl methyl sites for hydroxylation is 1. The number of sulfonamides is 1. The van der Waals surface area contributed by atoms with E-state index in [1.54, 1.807) is 18.7 Å². The van der Waals surface area contributed by atoms with Crippen molar-refractivity contribution in [1.82, 2.24) is 4.31 Å². The maximum atomic E-state index is 12.7. The van der Waals surface area contributed by atoms with Gasteiger partial charge < -0.3 is 10.2 Å². The molecule has 0 bridgehead atoms.